The number of carbonyl (C=O) groups is 1. The summed E-state index contributed by atoms with van der Waals surface area (Å²) in [7, 11) is 0. The molecule has 3 aromatic rings. The number of carbonyl (C=O) groups excluding carboxylic acids is 1. The molecular weight excluding hydrogens is 347 g/mol. The van der Waals surface area contributed by atoms with Gasteiger partial charge in [0.2, 0.25) is 12.7 Å². The van der Waals surface area contributed by atoms with Crippen LogP contribution >= 0.6 is 11.8 Å². The molecule has 0 N–H and O–H groups in total. The van der Waals surface area contributed by atoms with Crippen LogP contribution in [0.15, 0.2) is 52.1 Å². The fourth-order valence-corrected chi connectivity index (χ4v) is 2.95. The maximum Gasteiger partial charge on any atom is 0.277 e. The van der Waals surface area contributed by atoms with Crippen LogP contribution in [0.5, 0.6) is 11.5 Å². The lowest BCUT2D eigenvalue weighted by Gasteiger charge is -2.00. The lowest BCUT2D eigenvalue weighted by atomic mass is 10.1. The number of hydrogen-bond donors (Lipinski definition) is 0. The summed E-state index contributed by atoms with van der Waals surface area (Å²) in [6.07, 6.45) is 0. The number of aromatic nitrogens is 2. The highest BCUT2D eigenvalue weighted by Crippen LogP contribution is 2.36. The lowest BCUT2D eigenvalue weighted by molar-refractivity contribution is 0.101. The van der Waals surface area contributed by atoms with E-state index in [1.54, 1.807) is 24.3 Å². The molecule has 0 aliphatic carbocycles. The van der Waals surface area contributed by atoms with E-state index >= 15 is 0 Å². The Bertz CT molecular complexity index is 944. The molecule has 1 aromatic heterocycles. The smallest absolute Gasteiger partial charge is 0.277 e. The van der Waals surface area contributed by atoms with Gasteiger partial charge in [-0.15, -0.1) is 10.2 Å². The van der Waals surface area contributed by atoms with E-state index in [-0.39, 0.29) is 29.1 Å². The van der Waals surface area contributed by atoms with Crippen LogP contribution in [0.25, 0.3) is 11.5 Å². The van der Waals surface area contributed by atoms with Crippen LogP contribution in [-0.4, -0.2) is 28.5 Å². The largest absolute Gasteiger partial charge is 0.454 e. The summed E-state index contributed by atoms with van der Waals surface area (Å²) >= 11 is 1.06. The maximum atomic E-state index is 13.6. The van der Waals surface area contributed by atoms with E-state index in [0.29, 0.717) is 23.0 Å². The van der Waals surface area contributed by atoms with Crippen LogP contribution in [0, 0.1) is 5.82 Å². The molecule has 0 saturated heterocycles. The lowest BCUT2D eigenvalue weighted by Crippen LogP contribution is -2.04. The number of nitrogens with zero attached hydrogens (tertiary/aromatic N) is 2. The quantitative estimate of drug-likeness (QED) is 0.510. The maximum absolute atomic E-state index is 13.6. The molecule has 25 heavy (non-hydrogen) atoms. The number of halogens is 1. The van der Waals surface area contributed by atoms with Crippen LogP contribution in [0.2, 0.25) is 0 Å². The second-order valence-electron chi connectivity index (χ2n) is 5.13. The molecule has 126 valence electrons. The molecule has 0 unspecified atom stereocenters. The molecule has 6 nitrogen and oxygen atoms in total. The Morgan fingerprint density at radius 2 is 1.96 bits per heavy atom. The van der Waals surface area contributed by atoms with Crippen molar-refractivity contribution in [1.82, 2.24) is 10.2 Å². The topological polar surface area (TPSA) is 74.5 Å². The van der Waals surface area contributed by atoms with Crippen LogP contribution < -0.4 is 9.47 Å². The Morgan fingerprint density at radius 1 is 1.12 bits per heavy atom. The summed E-state index contributed by atoms with van der Waals surface area (Å²) in [6, 6.07) is 11.1. The molecule has 0 bridgehead atoms. The second-order valence-corrected chi connectivity index (χ2v) is 6.06. The first-order valence-electron chi connectivity index (χ1n) is 7.35. The number of hydrogen-bond acceptors (Lipinski definition) is 7. The van der Waals surface area contributed by atoms with Gasteiger partial charge in [0.15, 0.2) is 17.3 Å². The van der Waals surface area contributed by atoms with Crippen molar-refractivity contribution in [2.45, 2.75) is 5.22 Å². The molecule has 0 atom stereocenters. The minimum atomic E-state index is -0.542. The van der Waals surface area contributed by atoms with E-state index < -0.39 is 5.82 Å². The minimum Gasteiger partial charge on any atom is -0.454 e. The fraction of sp³-hybridized carbons (Fsp3) is 0.118. The zero-order valence-electron chi connectivity index (χ0n) is 12.8. The molecular formula is C17H11FN2O4S. The van der Waals surface area contributed by atoms with Gasteiger partial charge in [0.1, 0.15) is 5.82 Å². The summed E-state index contributed by atoms with van der Waals surface area (Å²) < 4.78 is 29.7. The monoisotopic (exact) mass is 358 g/mol. The predicted octanol–water partition coefficient (Wildman–Crippen LogP) is 3.58. The first kappa shape index (κ1) is 15.6. The summed E-state index contributed by atoms with van der Waals surface area (Å²) in [5.41, 5.74) is 0.731. The van der Waals surface area contributed by atoms with Gasteiger partial charge in [-0.2, -0.15) is 0 Å². The predicted molar refractivity (Wildman–Crippen MR) is 87.3 cm³/mol. The van der Waals surface area contributed by atoms with E-state index in [2.05, 4.69) is 10.2 Å². The molecule has 8 heteroatoms. The number of ketones is 1. The average molecular weight is 358 g/mol. The van der Waals surface area contributed by atoms with Gasteiger partial charge in [0.05, 0.1) is 11.3 Å². The highest BCUT2D eigenvalue weighted by Gasteiger charge is 2.18. The van der Waals surface area contributed by atoms with Crippen molar-refractivity contribution in [2.75, 3.05) is 12.5 Å². The summed E-state index contributed by atoms with van der Waals surface area (Å²) in [4.78, 5) is 12.1. The van der Waals surface area contributed by atoms with Gasteiger partial charge in [-0.05, 0) is 30.3 Å². The Morgan fingerprint density at radius 3 is 2.84 bits per heavy atom. The van der Waals surface area contributed by atoms with Gasteiger partial charge in [-0.25, -0.2) is 4.39 Å². The fourth-order valence-electron chi connectivity index (χ4n) is 2.31. The van der Waals surface area contributed by atoms with Crippen LogP contribution in [0.3, 0.4) is 0 Å². The van der Waals surface area contributed by atoms with E-state index in [1.165, 1.54) is 18.2 Å². The van der Waals surface area contributed by atoms with Gasteiger partial charge in [0, 0.05) is 5.56 Å². The number of benzene rings is 2. The summed E-state index contributed by atoms with van der Waals surface area (Å²) in [5.74, 6) is 0.696. The number of Topliss-reactive ketones (excluding diaryl/α,β-unsaturated/α-hetero) is 1. The second kappa shape index (κ2) is 6.56. The Kier molecular flexibility index (Phi) is 4.10. The number of thioether (sulfide) groups is 1. The molecule has 0 saturated carbocycles. The Labute approximate surface area is 146 Å². The molecule has 1 aliphatic rings. The molecule has 0 radical (unpaired) electrons. The highest BCUT2D eigenvalue weighted by molar-refractivity contribution is 7.99. The van der Waals surface area contributed by atoms with Gasteiger partial charge in [-0.3, -0.25) is 4.79 Å². The van der Waals surface area contributed by atoms with E-state index in [0.717, 1.165) is 11.8 Å². The summed E-state index contributed by atoms with van der Waals surface area (Å²) in [5, 5.41) is 8.10. The zero-order chi connectivity index (χ0) is 17.2. The van der Waals surface area contributed by atoms with Crippen molar-refractivity contribution >= 4 is 17.5 Å². The molecule has 2 heterocycles. The van der Waals surface area contributed by atoms with Crippen molar-refractivity contribution in [3.05, 3.63) is 53.8 Å². The van der Waals surface area contributed by atoms with Crippen molar-refractivity contribution in [3.63, 3.8) is 0 Å². The first-order valence-corrected chi connectivity index (χ1v) is 8.33. The van der Waals surface area contributed by atoms with Crippen LogP contribution in [0.1, 0.15) is 10.4 Å². The molecule has 0 fully saturated rings. The van der Waals surface area contributed by atoms with Gasteiger partial charge < -0.3 is 13.9 Å². The molecule has 2 aromatic carbocycles. The van der Waals surface area contributed by atoms with Crippen molar-refractivity contribution < 1.29 is 23.1 Å². The van der Waals surface area contributed by atoms with E-state index in [9.17, 15) is 9.18 Å². The van der Waals surface area contributed by atoms with Crippen molar-refractivity contribution in [1.29, 1.82) is 0 Å². The standard InChI is InChI=1S/C17H11FN2O4S/c18-12-4-2-1-3-11(12)13(21)8-25-17-20-19-16(24-17)10-5-6-14-15(7-10)23-9-22-14/h1-7H,8-9H2. The van der Waals surface area contributed by atoms with Gasteiger partial charge in [0.25, 0.3) is 5.22 Å². The van der Waals surface area contributed by atoms with Crippen LogP contribution in [-0.2, 0) is 0 Å². The third kappa shape index (κ3) is 3.20. The zero-order valence-corrected chi connectivity index (χ0v) is 13.6. The Balaban J connectivity index is 1.45. The van der Waals surface area contributed by atoms with Gasteiger partial charge >= 0.3 is 0 Å². The third-order valence-electron chi connectivity index (χ3n) is 3.53. The summed E-state index contributed by atoms with van der Waals surface area (Å²) in [6.45, 7) is 0.182. The average Bonchev–Trinajstić information content (AvgIpc) is 3.28. The Hall–Kier alpha value is -2.87. The minimum absolute atomic E-state index is 0.00368. The first-order chi connectivity index (χ1) is 12.2. The van der Waals surface area contributed by atoms with Crippen molar-refractivity contribution in [3.8, 4) is 23.0 Å². The van der Waals surface area contributed by atoms with Crippen molar-refractivity contribution in [2.24, 2.45) is 0 Å². The third-order valence-corrected chi connectivity index (χ3v) is 4.35. The van der Waals surface area contributed by atoms with Gasteiger partial charge in [-0.1, -0.05) is 23.9 Å². The SMILES string of the molecule is O=C(CSc1nnc(-c2ccc3c(c2)OCO3)o1)c1ccccc1F. The molecule has 4 rings (SSSR count). The number of fused-ring (bicyclic) bond motifs is 1. The number of ether oxygens (including phenoxy) is 2. The van der Waals surface area contributed by atoms with E-state index in [1.807, 2.05) is 0 Å². The number of rotatable bonds is 5. The highest BCUT2D eigenvalue weighted by atomic mass is 32.2. The molecule has 0 amide bonds. The molecule has 1 aliphatic heterocycles. The van der Waals surface area contributed by atoms with Crippen LogP contribution in [0.4, 0.5) is 4.39 Å². The van der Waals surface area contributed by atoms with E-state index in [4.69, 9.17) is 13.9 Å². The molecule has 0 spiro atoms. The normalized spacial score (nSPS) is 12.4.